The SMILES string of the molecule is CC1CC(C)CC(Nc2cccc(Cl)c2Cl)C1. The van der Waals surface area contributed by atoms with Gasteiger partial charge in [0.2, 0.25) is 0 Å². The second-order valence-electron chi connectivity index (χ2n) is 5.36. The molecule has 1 fully saturated rings. The Bertz CT molecular complexity index is 382. The molecule has 0 aliphatic heterocycles. The molecule has 2 atom stereocenters. The van der Waals surface area contributed by atoms with Crippen LogP contribution in [0.15, 0.2) is 18.2 Å². The van der Waals surface area contributed by atoms with Gasteiger partial charge in [0, 0.05) is 6.04 Å². The Morgan fingerprint density at radius 3 is 2.35 bits per heavy atom. The van der Waals surface area contributed by atoms with Crippen molar-refractivity contribution in [3.8, 4) is 0 Å². The Morgan fingerprint density at radius 1 is 1.06 bits per heavy atom. The molecule has 1 aliphatic rings. The van der Waals surface area contributed by atoms with Crippen LogP contribution in [0.5, 0.6) is 0 Å². The van der Waals surface area contributed by atoms with Crippen LogP contribution in [-0.4, -0.2) is 6.04 Å². The molecule has 0 bridgehead atoms. The lowest BCUT2D eigenvalue weighted by molar-refractivity contribution is 0.281. The van der Waals surface area contributed by atoms with Gasteiger partial charge in [0.05, 0.1) is 15.7 Å². The van der Waals surface area contributed by atoms with Gasteiger partial charge in [-0.25, -0.2) is 0 Å². The number of hydrogen-bond donors (Lipinski definition) is 1. The molecular formula is C14H19Cl2N. The van der Waals surface area contributed by atoms with E-state index in [9.17, 15) is 0 Å². The van der Waals surface area contributed by atoms with Gasteiger partial charge in [0.25, 0.3) is 0 Å². The first-order valence-electron chi connectivity index (χ1n) is 6.26. The van der Waals surface area contributed by atoms with E-state index in [2.05, 4.69) is 19.2 Å². The van der Waals surface area contributed by atoms with Gasteiger partial charge in [0.1, 0.15) is 0 Å². The Balaban J connectivity index is 2.07. The Labute approximate surface area is 114 Å². The molecule has 1 aromatic carbocycles. The number of nitrogens with one attached hydrogen (secondary N) is 1. The van der Waals surface area contributed by atoms with E-state index in [0.29, 0.717) is 16.1 Å². The monoisotopic (exact) mass is 271 g/mol. The molecule has 0 saturated heterocycles. The highest BCUT2D eigenvalue weighted by Crippen LogP contribution is 2.34. The van der Waals surface area contributed by atoms with Crippen molar-refractivity contribution in [2.75, 3.05) is 5.32 Å². The summed E-state index contributed by atoms with van der Waals surface area (Å²) in [5.41, 5.74) is 0.963. The number of hydrogen-bond acceptors (Lipinski definition) is 1. The van der Waals surface area contributed by atoms with Crippen molar-refractivity contribution < 1.29 is 0 Å². The summed E-state index contributed by atoms with van der Waals surface area (Å²) in [7, 11) is 0. The maximum absolute atomic E-state index is 6.19. The van der Waals surface area contributed by atoms with Gasteiger partial charge >= 0.3 is 0 Å². The van der Waals surface area contributed by atoms with Crippen LogP contribution < -0.4 is 5.32 Å². The predicted octanol–water partition coefficient (Wildman–Crippen LogP) is 5.23. The highest BCUT2D eigenvalue weighted by atomic mass is 35.5. The van der Waals surface area contributed by atoms with Crippen LogP contribution in [0, 0.1) is 11.8 Å². The highest BCUT2D eigenvalue weighted by Gasteiger charge is 2.24. The highest BCUT2D eigenvalue weighted by molar-refractivity contribution is 6.43. The Kier molecular flexibility index (Phi) is 4.22. The third kappa shape index (κ3) is 3.29. The molecule has 3 heteroatoms. The second kappa shape index (κ2) is 5.49. The fourth-order valence-electron chi connectivity index (χ4n) is 2.90. The zero-order valence-corrected chi connectivity index (χ0v) is 11.9. The minimum Gasteiger partial charge on any atom is -0.381 e. The van der Waals surface area contributed by atoms with Gasteiger partial charge in [0.15, 0.2) is 0 Å². The summed E-state index contributed by atoms with van der Waals surface area (Å²) in [5, 5.41) is 4.79. The molecule has 0 heterocycles. The lowest BCUT2D eigenvalue weighted by atomic mass is 9.80. The third-order valence-electron chi connectivity index (χ3n) is 3.49. The van der Waals surface area contributed by atoms with Gasteiger partial charge in [-0.05, 0) is 43.2 Å². The standard InChI is InChI=1S/C14H19Cl2N/c1-9-6-10(2)8-11(7-9)17-13-5-3-4-12(15)14(13)16/h3-5,9-11,17H,6-8H2,1-2H3. The number of rotatable bonds is 2. The van der Waals surface area contributed by atoms with Gasteiger partial charge in [-0.2, -0.15) is 0 Å². The van der Waals surface area contributed by atoms with E-state index < -0.39 is 0 Å². The zero-order chi connectivity index (χ0) is 12.4. The topological polar surface area (TPSA) is 12.0 Å². The first-order chi connectivity index (χ1) is 8.06. The molecule has 17 heavy (non-hydrogen) atoms. The summed E-state index contributed by atoms with van der Waals surface area (Å²) >= 11 is 12.2. The fraction of sp³-hybridized carbons (Fsp3) is 0.571. The van der Waals surface area contributed by atoms with Crippen LogP contribution >= 0.6 is 23.2 Å². The van der Waals surface area contributed by atoms with Gasteiger partial charge in [-0.15, -0.1) is 0 Å². The minimum absolute atomic E-state index is 0.518. The van der Waals surface area contributed by atoms with Crippen LogP contribution in [0.2, 0.25) is 10.0 Å². The molecule has 2 unspecified atom stereocenters. The molecule has 1 aliphatic carbocycles. The van der Waals surface area contributed by atoms with E-state index in [0.717, 1.165) is 17.5 Å². The smallest absolute Gasteiger partial charge is 0.0823 e. The normalized spacial score (nSPS) is 29.1. The second-order valence-corrected chi connectivity index (χ2v) is 6.15. The molecule has 1 nitrogen and oxygen atoms in total. The first kappa shape index (κ1) is 13.0. The molecule has 1 aromatic rings. The van der Waals surface area contributed by atoms with Crippen molar-refractivity contribution in [2.45, 2.75) is 39.2 Å². The molecule has 2 rings (SSSR count). The Hall–Kier alpha value is -0.400. The third-order valence-corrected chi connectivity index (χ3v) is 4.31. The van der Waals surface area contributed by atoms with E-state index in [1.807, 2.05) is 18.2 Å². The summed E-state index contributed by atoms with van der Waals surface area (Å²) in [6, 6.07) is 6.27. The molecule has 94 valence electrons. The van der Waals surface area contributed by atoms with Crippen molar-refractivity contribution in [2.24, 2.45) is 11.8 Å². The lowest BCUT2D eigenvalue weighted by Gasteiger charge is -2.32. The molecular weight excluding hydrogens is 253 g/mol. The maximum atomic E-state index is 6.19. The Morgan fingerprint density at radius 2 is 1.71 bits per heavy atom. The van der Waals surface area contributed by atoms with Crippen molar-refractivity contribution in [3.05, 3.63) is 28.2 Å². The zero-order valence-electron chi connectivity index (χ0n) is 10.3. The quantitative estimate of drug-likeness (QED) is 0.777. The van der Waals surface area contributed by atoms with Crippen molar-refractivity contribution >= 4 is 28.9 Å². The number of benzene rings is 1. The van der Waals surface area contributed by atoms with Gasteiger partial charge < -0.3 is 5.32 Å². The van der Waals surface area contributed by atoms with Crippen molar-refractivity contribution in [1.29, 1.82) is 0 Å². The average molecular weight is 272 g/mol. The average Bonchev–Trinajstić information content (AvgIpc) is 2.23. The van der Waals surface area contributed by atoms with Crippen LogP contribution in [0.1, 0.15) is 33.1 Å². The molecule has 0 amide bonds. The summed E-state index contributed by atoms with van der Waals surface area (Å²) in [5.74, 6) is 1.57. The summed E-state index contributed by atoms with van der Waals surface area (Å²) in [6.07, 6.45) is 3.77. The van der Waals surface area contributed by atoms with Gasteiger partial charge in [-0.3, -0.25) is 0 Å². The van der Waals surface area contributed by atoms with Crippen LogP contribution in [0.4, 0.5) is 5.69 Å². The molecule has 0 spiro atoms. The van der Waals surface area contributed by atoms with E-state index in [4.69, 9.17) is 23.2 Å². The summed E-state index contributed by atoms with van der Waals surface area (Å²) in [4.78, 5) is 0. The first-order valence-corrected chi connectivity index (χ1v) is 7.02. The van der Waals surface area contributed by atoms with E-state index in [1.165, 1.54) is 19.3 Å². The largest absolute Gasteiger partial charge is 0.381 e. The fourth-order valence-corrected chi connectivity index (χ4v) is 3.26. The number of halogens is 2. The van der Waals surface area contributed by atoms with E-state index in [-0.39, 0.29) is 0 Å². The molecule has 0 radical (unpaired) electrons. The van der Waals surface area contributed by atoms with Crippen molar-refractivity contribution in [1.82, 2.24) is 0 Å². The van der Waals surface area contributed by atoms with Crippen LogP contribution in [0.25, 0.3) is 0 Å². The van der Waals surface area contributed by atoms with E-state index >= 15 is 0 Å². The maximum Gasteiger partial charge on any atom is 0.0823 e. The lowest BCUT2D eigenvalue weighted by Crippen LogP contribution is -2.30. The molecule has 0 aromatic heterocycles. The van der Waals surface area contributed by atoms with E-state index in [1.54, 1.807) is 0 Å². The number of anilines is 1. The summed E-state index contributed by atoms with van der Waals surface area (Å²) in [6.45, 7) is 4.65. The predicted molar refractivity (Wildman–Crippen MR) is 76.1 cm³/mol. The van der Waals surface area contributed by atoms with Crippen LogP contribution in [-0.2, 0) is 0 Å². The molecule has 1 N–H and O–H groups in total. The summed E-state index contributed by atoms with van der Waals surface area (Å²) < 4.78 is 0. The van der Waals surface area contributed by atoms with Crippen LogP contribution in [0.3, 0.4) is 0 Å². The molecule has 1 saturated carbocycles. The van der Waals surface area contributed by atoms with Gasteiger partial charge in [-0.1, -0.05) is 43.1 Å². The van der Waals surface area contributed by atoms with Crippen molar-refractivity contribution in [3.63, 3.8) is 0 Å². The minimum atomic E-state index is 0.518.